The molecule has 3 aromatic rings. The van der Waals surface area contributed by atoms with Crippen molar-refractivity contribution in [3.05, 3.63) is 52.9 Å². The standard InChI is InChI=1S/C22H25N3O2S2/c1-2-5-16-8-10-17(11-9-16)19(26)15-29-22-24-23-21(20-7-4-13-28-20)25(22)14-18-6-3-12-27-18/h4,7-11,13,18H,2-3,5-6,12,14-15H2,1H3. The summed E-state index contributed by atoms with van der Waals surface area (Å²) < 4.78 is 7.95. The number of benzene rings is 1. The Balaban J connectivity index is 1.48. The molecule has 1 saturated heterocycles. The Morgan fingerprint density at radius 3 is 2.83 bits per heavy atom. The summed E-state index contributed by atoms with van der Waals surface area (Å²) in [6, 6.07) is 12.0. The van der Waals surface area contributed by atoms with Crippen molar-refractivity contribution in [2.24, 2.45) is 0 Å². The zero-order chi connectivity index (χ0) is 20.1. The van der Waals surface area contributed by atoms with Crippen LogP contribution in [0, 0.1) is 0 Å². The largest absolute Gasteiger partial charge is 0.376 e. The van der Waals surface area contributed by atoms with Gasteiger partial charge in [0.25, 0.3) is 0 Å². The van der Waals surface area contributed by atoms with Gasteiger partial charge in [-0.25, -0.2) is 0 Å². The third kappa shape index (κ3) is 4.97. The number of carbonyl (C=O) groups is 1. The second-order valence-corrected chi connectivity index (χ2v) is 9.08. The second kappa shape index (κ2) is 9.69. The van der Waals surface area contributed by atoms with Crippen LogP contribution >= 0.6 is 23.1 Å². The van der Waals surface area contributed by atoms with Crippen molar-refractivity contribution in [2.45, 2.75) is 50.4 Å². The number of carbonyl (C=O) groups excluding carboxylic acids is 1. The molecule has 7 heteroatoms. The molecule has 0 aliphatic carbocycles. The van der Waals surface area contributed by atoms with Crippen molar-refractivity contribution in [1.82, 2.24) is 14.8 Å². The van der Waals surface area contributed by atoms with Crippen LogP contribution in [0.15, 0.2) is 46.9 Å². The van der Waals surface area contributed by atoms with Gasteiger partial charge in [0.1, 0.15) is 0 Å². The SMILES string of the molecule is CCCc1ccc(C(=O)CSc2nnc(-c3cccs3)n2CC2CCCO2)cc1. The summed E-state index contributed by atoms with van der Waals surface area (Å²) in [7, 11) is 0. The fourth-order valence-electron chi connectivity index (χ4n) is 3.50. The van der Waals surface area contributed by atoms with Gasteiger partial charge in [0, 0.05) is 12.2 Å². The molecular formula is C22H25N3O2S2. The summed E-state index contributed by atoms with van der Waals surface area (Å²) in [5, 5.41) is 11.6. The Morgan fingerprint density at radius 1 is 1.28 bits per heavy atom. The van der Waals surface area contributed by atoms with Gasteiger partial charge in [0.05, 0.1) is 23.3 Å². The summed E-state index contributed by atoms with van der Waals surface area (Å²) in [4.78, 5) is 13.8. The van der Waals surface area contributed by atoms with E-state index in [0.717, 1.165) is 60.3 Å². The molecule has 0 saturated carbocycles. The van der Waals surface area contributed by atoms with Crippen LogP contribution in [-0.4, -0.2) is 39.0 Å². The lowest BCUT2D eigenvalue weighted by atomic mass is 10.1. The highest BCUT2D eigenvalue weighted by molar-refractivity contribution is 7.99. The molecule has 0 amide bonds. The van der Waals surface area contributed by atoms with Crippen LogP contribution in [0.4, 0.5) is 0 Å². The highest BCUT2D eigenvalue weighted by Crippen LogP contribution is 2.29. The van der Waals surface area contributed by atoms with E-state index < -0.39 is 0 Å². The zero-order valence-electron chi connectivity index (χ0n) is 16.5. The van der Waals surface area contributed by atoms with E-state index in [1.54, 1.807) is 11.3 Å². The maximum absolute atomic E-state index is 12.7. The number of Topliss-reactive ketones (excluding diaryl/α,β-unsaturated/α-hetero) is 1. The number of thioether (sulfide) groups is 1. The average molecular weight is 428 g/mol. The first-order chi connectivity index (χ1) is 14.2. The fourth-order valence-corrected chi connectivity index (χ4v) is 5.06. The van der Waals surface area contributed by atoms with E-state index >= 15 is 0 Å². The van der Waals surface area contributed by atoms with Crippen LogP contribution in [0.25, 0.3) is 10.7 Å². The van der Waals surface area contributed by atoms with Crippen LogP contribution in [0.5, 0.6) is 0 Å². The van der Waals surface area contributed by atoms with Crippen molar-refractivity contribution < 1.29 is 9.53 Å². The van der Waals surface area contributed by atoms with Gasteiger partial charge < -0.3 is 4.74 Å². The van der Waals surface area contributed by atoms with Gasteiger partial charge in [-0.3, -0.25) is 9.36 Å². The first-order valence-electron chi connectivity index (χ1n) is 10.1. The summed E-state index contributed by atoms with van der Waals surface area (Å²) in [5.74, 6) is 1.32. The van der Waals surface area contributed by atoms with Gasteiger partial charge in [-0.15, -0.1) is 21.5 Å². The quantitative estimate of drug-likeness (QED) is 0.351. The molecule has 2 aromatic heterocycles. The van der Waals surface area contributed by atoms with Crippen LogP contribution < -0.4 is 0 Å². The Kier molecular flexibility index (Phi) is 6.79. The number of ketones is 1. The number of thiophene rings is 1. The molecule has 0 bridgehead atoms. The summed E-state index contributed by atoms with van der Waals surface area (Å²) in [5.41, 5.74) is 2.02. The molecule has 1 aromatic carbocycles. The Hall–Kier alpha value is -1.96. The predicted molar refractivity (Wildman–Crippen MR) is 118 cm³/mol. The highest BCUT2D eigenvalue weighted by Gasteiger charge is 2.22. The smallest absolute Gasteiger partial charge is 0.192 e. The van der Waals surface area contributed by atoms with Crippen molar-refractivity contribution >= 4 is 28.9 Å². The monoisotopic (exact) mass is 427 g/mol. The molecule has 0 spiro atoms. The number of ether oxygens (including phenoxy) is 1. The van der Waals surface area contributed by atoms with E-state index in [1.165, 1.54) is 17.3 Å². The third-order valence-corrected chi connectivity index (χ3v) is 6.85. The minimum absolute atomic E-state index is 0.113. The number of hydrogen-bond donors (Lipinski definition) is 0. The Labute approximate surface area is 179 Å². The fraction of sp³-hybridized carbons (Fsp3) is 0.409. The average Bonchev–Trinajstić information content (AvgIpc) is 3.50. The number of aromatic nitrogens is 3. The first kappa shape index (κ1) is 20.3. The van der Waals surface area contributed by atoms with Crippen molar-refractivity contribution in [3.8, 4) is 10.7 Å². The lowest BCUT2D eigenvalue weighted by molar-refractivity contribution is 0.0953. The molecule has 29 heavy (non-hydrogen) atoms. The lowest BCUT2D eigenvalue weighted by Crippen LogP contribution is -2.17. The summed E-state index contributed by atoms with van der Waals surface area (Å²) in [6.45, 7) is 3.70. The van der Waals surface area contributed by atoms with Crippen LogP contribution in [0.2, 0.25) is 0 Å². The molecule has 1 aliphatic heterocycles. The molecule has 3 heterocycles. The van der Waals surface area contributed by atoms with Gasteiger partial charge in [0.2, 0.25) is 0 Å². The molecule has 1 atom stereocenters. The molecule has 1 unspecified atom stereocenters. The Bertz CT molecular complexity index is 930. The van der Waals surface area contributed by atoms with Crippen molar-refractivity contribution in [2.75, 3.05) is 12.4 Å². The van der Waals surface area contributed by atoms with E-state index in [1.807, 2.05) is 23.6 Å². The molecule has 0 radical (unpaired) electrons. The number of aryl methyl sites for hydroxylation is 1. The molecule has 4 rings (SSSR count). The van der Waals surface area contributed by atoms with Crippen molar-refractivity contribution in [1.29, 1.82) is 0 Å². The van der Waals surface area contributed by atoms with Gasteiger partial charge in [-0.2, -0.15) is 0 Å². The van der Waals surface area contributed by atoms with Gasteiger partial charge in [0.15, 0.2) is 16.8 Å². The minimum atomic E-state index is 0.113. The zero-order valence-corrected chi connectivity index (χ0v) is 18.2. The topological polar surface area (TPSA) is 57.0 Å². The van der Waals surface area contributed by atoms with Crippen LogP contribution in [0.3, 0.4) is 0 Å². The molecule has 5 nitrogen and oxygen atoms in total. The minimum Gasteiger partial charge on any atom is -0.376 e. The lowest BCUT2D eigenvalue weighted by Gasteiger charge is -2.14. The van der Waals surface area contributed by atoms with E-state index in [-0.39, 0.29) is 11.9 Å². The maximum Gasteiger partial charge on any atom is 0.192 e. The van der Waals surface area contributed by atoms with Crippen LogP contribution in [-0.2, 0) is 17.7 Å². The van der Waals surface area contributed by atoms with Gasteiger partial charge in [-0.05, 0) is 36.3 Å². The maximum atomic E-state index is 12.7. The van der Waals surface area contributed by atoms with E-state index in [9.17, 15) is 4.79 Å². The molecule has 1 fully saturated rings. The first-order valence-corrected chi connectivity index (χ1v) is 11.9. The second-order valence-electron chi connectivity index (χ2n) is 7.19. The van der Waals surface area contributed by atoms with Gasteiger partial charge >= 0.3 is 0 Å². The number of hydrogen-bond acceptors (Lipinski definition) is 6. The highest BCUT2D eigenvalue weighted by atomic mass is 32.2. The van der Waals surface area contributed by atoms with E-state index in [0.29, 0.717) is 5.75 Å². The predicted octanol–water partition coefficient (Wildman–Crippen LogP) is 5.11. The normalized spacial score (nSPS) is 16.4. The molecule has 1 aliphatic rings. The van der Waals surface area contributed by atoms with E-state index in [2.05, 4.69) is 39.9 Å². The third-order valence-electron chi connectivity index (χ3n) is 5.02. The van der Waals surface area contributed by atoms with Gasteiger partial charge in [-0.1, -0.05) is 55.4 Å². The summed E-state index contributed by atoms with van der Waals surface area (Å²) in [6.07, 6.45) is 4.48. The van der Waals surface area contributed by atoms with Crippen molar-refractivity contribution in [3.63, 3.8) is 0 Å². The summed E-state index contributed by atoms with van der Waals surface area (Å²) >= 11 is 3.10. The molecule has 0 N–H and O–H groups in total. The Morgan fingerprint density at radius 2 is 2.14 bits per heavy atom. The molecular weight excluding hydrogens is 402 g/mol. The molecule has 152 valence electrons. The number of nitrogens with zero attached hydrogens (tertiary/aromatic N) is 3. The number of rotatable bonds is 9. The van der Waals surface area contributed by atoms with Crippen LogP contribution in [0.1, 0.15) is 42.1 Å². The van der Waals surface area contributed by atoms with E-state index in [4.69, 9.17) is 4.74 Å².